The Kier molecular flexibility index (Phi) is 8.65. The van der Waals surface area contributed by atoms with Gasteiger partial charge in [-0.05, 0) is 55.2 Å². The number of rotatable bonds is 7. The maximum atomic E-state index is 13.3. The first kappa shape index (κ1) is 23.9. The maximum Gasteiger partial charge on any atom is 0.242 e. The maximum absolute atomic E-state index is 13.3. The highest BCUT2D eigenvalue weighted by Crippen LogP contribution is 2.24. The van der Waals surface area contributed by atoms with Gasteiger partial charge in [0, 0.05) is 17.6 Å². The Morgan fingerprint density at radius 1 is 0.968 bits per heavy atom. The minimum atomic E-state index is -0.604. The van der Waals surface area contributed by atoms with E-state index in [9.17, 15) is 9.59 Å². The summed E-state index contributed by atoms with van der Waals surface area (Å²) < 4.78 is 0. The Hall–Kier alpha value is -1.75. The van der Waals surface area contributed by atoms with Crippen molar-refractivity contribution in [2.24, 2.45) is 0 Å². The molecule has 0 spiro atoms. The van der Waals surface area contributed by atoms with Crippen molar-refractivity contribution < 1.29 is 9.59 Å². The quantitative estimate of drug-likeness (QED) is 0.523. The molecular weight excluding hydrogens is 455 g/mol. The van der Waals surface area contributed by atoms with Crippen LogP contribution in [0.2, 0.25) is 15.1 Å². The number of carbonyl (C=O) groups excluding carboxylic acids is 2. The highest BCUT2D eigenvalue weighted by Gasteiger charge is 2.28. The third-order valence-corrected chi connectivity index (χ3v) is 6.72. The van der Waals surface area contributed by atoms with Crippen LogP contribution in [0.5, 0.6) is 0 Å². The number of carbonyl (C=O) groups is 2. The molecule has 166 valence electrons. The summed E-state index contributed by atoms with van der Waals surface area (Å²) in [4.78, 5) is 27.9. The summed E-state index contributed by atoms with van der Waals surface area (Å²) in [6.45, 7) is 2.09. The van der Waals surface area contributed by atoms with E-state index in [1.165, 1.54) is 6.42 Å². The number of amides is 2. The van der Waals surface area contributed by atoms with Gasteiger partial charge in [0.15, 0.2) is 0 Å². The van der Waals surface area contributed by atoms with E-state index in [1.807, 2.05) is 12.1 Å². The van der Waals surface area contributed by atoms with E-state index in [4.69, 9.17) is 34.8 Å². The normalized spacial score (nSPS) is 15.4. The standard InChI is InChI=1S/C24H27Cl3N2O2/c1-16(24(31)28-20-5-3-2-4-6-20)29(15-17-7-10-19(25)11-8-17)23(30)14-18-9-12-21(26)22(27)13-18/h7-13,16,20H,2-6,14-15H2,1H3,(H,28,31)/t16-/m0/s1. The lowest BCUT2D eigenvalue weighted by atomic mass is 9.95. The van der Waals surface area contributed by atoms with Crippen molar-refractivity contribution in [1.82, 2.24) is 10.2 Å². The lowest BCUT2D eigenvalue weighted by molar-refractivity contribution is -0.140. The van der Waals surface area contributed by atoms with E-state index in [0.29, 0.717) is 21.6 Å². The zero-order valence-corrected chi connectivity index (χ0v) is 19.8. The molecular formula is C24H27Cl3N2O2. The van der Waals surface area contributed by atoms with Crippen LogP contribution in [0, 0.1) is 0 Å². The molecule has 0 aliphatic heterocycles. The van der Waals surface area contributed by atoms with Gasteiger partial charge >= 0.3 is 0 Å². The number of nitrogens with one attached hydrogen (secondary N) is 1. The molecule has 0 unspecified atom stereocenters. The summed E-state index contributed by atoms with van der Waals surface area (Å²) in [5, 5.41) is 4.61. The fourth-order valence-corrected chi connectivity index (χ4v) is 4.31. The molecule has 0 aromatic heterocycles. The van der Waals surface area contributed by atoms with Crippen LogP contribution in [0.3, 0.4) is 0 Å². The molecule has 2 aromatic rings. The number of benzene rings is 2. The minimum absolute atomic E-state index is 0.122. The zero-order chi connectivity index (χ0) is 22.4. The van der Waals surface area contributed by atoms with Crippen molar-refractivity contribution in [1.29, 1.82) is 0 Å². The monoisotopic (exact) mass is 480 g/mol. The van der Waals surface area contributed by atoms with E-state index in [1.54, 1.807) is 42.2 Å². The first-order valence-corrected chi connectivity index (χ1v) is 11.7. The second-order valence-electron chi connectivity index (χ2n) is 8.09. The summed E-state index contributed by atoms with van der Waals surface area (Å²) in [5.41, 5.74) is 1.66. The van der Waals surface area contributed by atoms with Gasteiger partial charge in [0.05, 0.1) is 16.5 Å². The zero-order valence-electron chi connectivity index (χ0n) is 17.5. The Bertz CT molecular complexity index is 912. The number of hydrogen-bond donors (Lipinski definition) is 1. The highest BCUT2D eigenvalue weighted by molar-refractivity contribution is 6.42. The smallest absolute Gasteiger partial charge is 0.242 e. The summed E-state index contributed by atoms with van der Waals surface area (Å²) in [6, 6.07) is 12.0. The van der Waals surface area contributed by atoms with Crippen molar-refractivity contribution in [2.45, 2.75) is 64.1 Å². The minimum Gasteiger partial charge on any atom is -0.352 e. The van der Waals surface area contributed by atoms with Crippen LogP contribution in [-0.4, -0.2) is 28.8 Å². The van der Waals surface area contributed by atoms with Crippen LogP contribution < -0.4 is 5.32 Å². The number of nitrogens with zero attached hydrogens (tertiary/aromatic N) is 1. The van der Waals surface area contributed by atoms with Gasteiger partial charge < -0.3 is 10.2 Å². The van der Waals surface area contributed by atoms with E-state index >= 15 is 0 Å². The van der Waals surface area contributed by atoms with Crippen LogP contribution in [0.15, 0.2) is 42.5 Å². The lowest BCUT2D eigenvalue weighted by Crippen LogP contribution is -2.50. The summed E-state index contributed by atoms with van der Waals surface area (Å²) in [5.74, 6) is -0.275. The van der Waals surface area contributed by atoms with Gasteiger partial charge in [-0.3, -0.25) is 9.59 Å². The van der Waals surface area contributed by atoms with Gasteiger partial charge in [-0.1, -0.05) is 72.3 Å². The molecule has 1 N–H and O–H groups in total. The van der Waals surface area contributed by atoms with Crippen molar-refractivity contribution in [3.05, 3.63) is 68.7 Å². The number of hydrogen-bond acceptors (Lipinski definition) is 2. The number of halogens is 3. The van der Waals surface area contributed by atoms with Gasteiger partial charge in [0.2, 0.25) is 11.8 Å². The predicted octanol–water partition coefficient (Wildman–Crippen LogP) is 6.06. The molecule has 1 atom stereocenters. The fraction of sp³-hybridized carbons (Fsp3) is 0.417. The van der Waals surface area contributed by atoms with Crippen molar-refractivity contribution in [3.8, 4) is 0 Å². The molecule has 7 heteroatoms. The van der Waals surface area contributed by atoms with Crippen molar-refractivity contribution in [3.63, 3.8) is 0 Å². The van der Waals surface area contributed by atoms with E-state index < -0.39 is 6.04 Å². The molecule has 0 heterocycles. The molecule has 2 aromatic carbocycles. The topological polar surface area (TPSA) is 49.4 Å². The molecule has 2 amide bonds. The second-order valence-corrected chi connectivity index (χ2v) is 9.34. The van der Waals surface area contributed by atoms with E-state index in [0.717, 1.165) is 36.8 Å². The van der Waals surface area contributed by atoms with Crippen LogP contribution in [0.1, 0.15) is 50.2 Å². The molecule has 4 nitrogen and oxygen atoms in total. The summed E-state index contributed by atoms with van der Waals surface area (Å²) >= 11 is 18.1. The molecule has 31 heavy (non-hydrogen) atoms. The first-order valence-electron chi connectivity index (χ1n) is 10.6. The van der Waals surface area contributed by atoms with Gasteiger partial charge in [-0.25, -0.2) is 0 Å². The van der Waals surface area contributed by atoms with Crippen LogP contribution in [0.4, 0.5) is 0 Å². The Morgan fingerprint density at radius 3 is 2.26 bits per heavy atom. The van der Waals surface area contributed by atoms with Gasteiger partial charge in [0.25, 0.3) is 0 Å². The molecule has 0 bridgehead atoms. The Balaban J connectivity index is 1.76. The molecule has 0 radical (unpaired) electrons. The first-order chi connectivity index (χ1) is 14.8. The Morgan fingerprint density at radius 2 is 1.61 bits per heavy atom. The predicted molar refractivity (Wildman–Crippen MR) is 127 cm³/mol. The van der Waals surface area contributed by atoms with Gasteiger partial charge in [0.1, 0.15) is 6.04 Å². The van der Waals surface area contributed by atoms with Gasteiger partial charge in [-0.15, -0.1) is 0 Å². The van der Waals surface area contributed by atoms with Crippen LogP contribution in [-0.2, 0) is 22.6 Å². The molecule has 1 aliphatic rings. The van der Waals surface area contributed by atoms with Crippen molar-refractivity contribution in [2.75, 3.05) is 0 Å². The average molecular weight is 482 g/mol. The van der Waals surface area contributed by atoms with Crippen LogP contribution in [0.25, 0.3) is 0 Å². The SMILES string of the molecule is C[C@@H](C(=O)NC1CCCCC1)N(Cc1ccc(Cl)cc1)C(=O)Cc1ccc(Cl)c(Cl)c1. The van der Waals surface area contributed by atoms with Crippen LogP contribution >= 0.6 is 34.8 Å². The molecule has 1 saturated carbocycles. The highest BCUT2D eigenvalue weighted by atomic mass is 35.5. The molecule has 0 saturated heterocycles. The molecule has 3 rings (SSSR count). The Labute approximate surface area is 198 Å². The fourth-order valence-electron chi connectivity index (χ4n) is 3.86. The largest absolute Gasteiger partial charge is 0.352 e. The molecule has 1 fully saturated rings. The third kappa shape index (κ3) is 6.86. The summed E-state index contributed by atoms with van der Waals surface area (Å²) in [7, 11) is 0. The van der Waals surface area contributed by atoms with E-state index in [-0.39, 0.29) is 24.3 Å². The second kappa shape index (κ2) is 11.2. The van der Waals surface area contributed by atoms with Crippen molar-refractivity contribution >= 4 is 46.6 Å². The lowest BCUT2D eigenvalue weighted by Gasteiger charge is -2.31. The van der Waals surface area contributed by atoms with E-state index in [2.05, 4.69) is 5.32 Å². The third-order valence-electron chi connectivity index (χ3n) is 5.72. The summed E-state index contributed by atoms with van der Waals surface area (Å²) in [6.07, 6.45) is 5.59. The van der Waals surface area contributed by atoms with Gasteiger partial charge in [-0.2, -0.15) is 0 Å². The molecule has 1 aliphatic carbocycles. The average Bonchev–Trinajstić information content (AvgIpc) is 2.76.